The van der Waals surface area contributed by atoms with Crippen molar-refractivity contribution in [3.63, 3.8) is 0 Å². The molecule has 1 saturated heterocycles. The zero-order chi connectivity index (χ0) is 22.4. The number of imide groups is 1. The first-order valence-electron chi connectivity index (χ1n) is 10.6. The van der Waals surface area contributed by atoms with E-state index >= 15 is 0 Å². The molecular weight excluding hydrogens is 429 g/mol. The summed E-state index contributed by atoms with van der Waals surface area (Å²) < 4.78 is 13.7. The van der Waals surface area contributed by atoms with Crippen LogP contribution in [0.15, 0.2) is 47.9 Å². The van der Waals surface area contributed by atoms with E-state index in [1.54, 1.807) is 18.4 Å². The lowest BCUT2D eigenvalue weighted by atomic mass is 10.1. The first kappa shape index (κ1) is 20.8. The van der Waals surface area contributed by atoms with Gasteiger partial charge < -0.3 is 10.2 Å². The van der Waals surface area contributed by atoms with Gasteiger partial charge in [0, 0.05) is 5.69 Å². The Kier molecular flexibility index (Phi) is 5.25. The fraction of sp³-hybridized carbons (Fsp3) is 0.292. The van der Waals surface area contributed by atoms with Crippen molar-refractivity contribution in [2.24, 2.45) is 0 Å². The summed E-state index contributed by atoms with van der Waals surface area (Å²) in [5.74, 6) is -1.10. The summed E-state index contributed by atoms with van der Waals surface area (Å²) in [5.41, 5.74) is 3.90. The third-order valence-electron chi connectivity index (χ3n) is 6.17. The number of benzene rings is 2. The van der Waals surface area contributed by atoms with Gasteiger partial charge in [-0.1, -0.05) is 12.1 Å². The maximum atomic E-state index is 13.7. The van der Waals surface area contributed by atoms with E-state index in [-0.39, 0.29) is 18.4 Å². The minimum atomic E-state index is -0.585. The summed E-state index contributed by atoms with van der Waals surface area (Å²) in [6.45, 7) is 1.39. The van der Waals surface area contributed by atoms with Gasteiger partial charge in [-0.3, -0.25) is 9.59 Å². The molecule has 1 fully saturated rings. The number of halogens is 1. The molecule has 2 unspecified atom stereocenters. The van der Waals surface area contributed by atoms with Gasteiger partial charge in [-0.15, -0.1) is 11.8 Å². The molecule has 6 nitrogen and oxygen atoms in total. The molecule has 2 heterocycles. The van der Waals surface area contributed by atoms with Crippen molar-refractivity contribution in [2.75, 3.05) is 16.8 Å². The molecule has 32 heavy (non-hydrogen) atoms. The third-order valence-corrected chi connectivity index (χ3v) is 7.26. The van der Waals surface area contributed by atoms with E-state index in [1.807, 2.05) is 18.2 Å². The van der Waals surface area contributed by atoms with Crippen molar-refractivity contribution in [3.8, 4) is 0 Å². The van der Waals surface area contributed by atoms with Crippen molar-refractivity contribution >= 4 is 41.0 Å². The zero-order valence-corrected chi connectivity index (χ0v) is 18.3. The highest BCUT2D eigenvalue weighted by Crippen LogP contribution is 2.36. The largest absolute Gasteiger partial charge is 0.332 e. The van der Waals surface area contributed by atoms with Crippen LogP contribution in [-0.2, 0) is 22.4 Å². The average molecular weight is 452 g/mol. The first-order valence-corrected chi connectivity index (χ1v) is 11.5. The highest BCUT2D eigenvalue weighted by molar-refractivity contribution is 8.03. The Morgan fingerprint density at radius 3 is 2.78 bits per heavy atom. The minimum Gasteiger partial charge on any atom is -0.325 e. The van der Waals surface area contributed by atoms with Gasteiger partial charge in [0.05, 0.1) is 11.7 Å². The smallest absolute Gasteiger partial charge is 0.325 e. The fourth-order valence-corrected chi connectivity index (χ4v) is 5.57. The number of carbonyl (C=O) groups excluding carboxylic acids is 3. The van der Waals surface area contributed by atoms with E-state index in [2.05, 4.69) is 5.32 Å². The molecule has 8 heteroatoms. The summed E-state index contributed by atoms with van der Waals surface area (Å²) in [6.07, 6.45) is 4.96. The molecule has 2 aromatic carbocycles. The number of urea groups is 1. The lowest BCUT2D eigenvalue weighted by Gasteiger charge is -2.40. The van der Waals surface area contributed by atoms with Crippen molar-refractivity contribution < 1.29 is 18.8 Å². The lowest BCUT2D eigenvalue weighted by Crippen LogP contribution is -2.63. The quantitative estimate of drug-likeness (QED) is 0.762. The Morgan fingerprint density at radius 1 is 1.16 bits per heavy atom. The number of thioether (sulfide) groups is 1. The van der Waals surface area contributed by atoms with Crippen LogP contribution in [0, 0.1) is 12.7 Å². The summed E-state index contributed by atoms with van der Waals surface area (Å²) in [7, 11) is 0. The van der Waals surface area contributed by atoms with E-state index in [0.717, 1.165) is 24.2 Å². The van der Waals surface area contributed by atoms with Crippen LogP contribution < -0.4 is 10.2 Å². The number of carbonyl (C=O) groups is 3. The number of hydrogen-bond donors (Lipinski definition) is 1. The molecule has 2 atom stereocenters. The van der Waals surface area contributed by atoms with Crippen molar-refractivity contribution in [1.29, 1.82) is 0 Å². The van der Waals surface area contributed by atoms with Crippen LogP contribution in [-0.4, -0.2) is 40.6 Å². The Morgan fingerprint density at radius 2 is 1.97 bits per heavy atom. The molecule has 5 rings (SSSR count). The first-order chi connectivity index (χ1) is 15.4. The standard InChI is InChI=1S/C24H22FN3O3S/c1-14-11-18(7-8-19(14)25)28-23(30)22-20(9-10-32-22)27(24(28)31)13-21(29)26-17-6-5-15-3-2-4-16(15)12-17/h5-12,20,22H,2-4,13H2,1H3,(H,26,29). The average Bonchev–Trinajstić information content (AvgIpc) is 3.43. The second-order valence-electron chi connectivity index (χ2n) is 8.28. The zero-order valence-electron chi connectivity index (χ0n) is 17.5. The molecule has 2 aliphatic heterocycles. The van der Waals surface area contributed by atoms with Gasteiger partial charge in [0.2, 0.25) is 5.91 Å². The van der Waals surface area contributed by atoms with Crippen LogP contribution in [0.4, 0.5) is 20.6 Å². The summed E-state index contributed by atoms with van der Waals surface area (Å²) in [4.78, 5) is 41.7. The maximum Gasteiger partial charge on any atom is 0.332 e. The van der Waals surface area contributed by atoms with Gasteiger partial charge >= 0.3 is 6.03 Å². The molecule has 4 amide bonds. The number of nitrogens with zero attached hydrogens (tertiary/aromatic N) is 2. The van der Waals surface area contributed by atoms with Gasteiger partial charge in [-0.25, -0.2) is 14.1 Å². The molecule has 164 valence electrons. The number of amides is 4. The Bertz CT molecular complexity index is 1170. The summed E-state index contributed by atoms with van der Waals surface area (Å²) >= 11 is 1.32. The van der Waals surface area contributed by atoms with Crippen molar-refractivity contribution in [1.82, 2.24) is 4.90 Å². The van der Waals surface area contributed by atoms with E-state index in [9.17, 15) is 18.8 Å². The van der Waals surface area contributed by atoms with E-state index in [4.69, 9.17) is 0 Å². The summed E-state index contributed by atoms with van der Waals surface area (Å²) in [5, 5.41) is 4.13. The molecule has 0 radical (unpaired) electrons. The molecule has 0 bridgehead atoms. The monoisotopic (exact) mass is 451 g/mol. The normalized spacial score (nSPS) is 21.7. The Hall–Kier alpha value is -3.13. The summed E-state index contributed by atoms with van der Waals surface area (Å²) in [6, 6.07) is 8.95. The van der Waals surface area contributed by atoms with Gasteiger partial charge in [0.15, 0.2) is 0 Å². The van der Waals surface area contributed by atoms with Crippen LogP contribution in [0.3, 0.4) is 0 Å². The number of hydrogen-bond acceptors (Lipinski definition) is 4. The molecule has 3 aliphatic rings. The highest BCUT2D eigenvalue weighted by Gasteiger charge is 2.48. The van der Waals surface area contributed by atoms with Crippen LogP contribution in [0.5, 0.6) is 0 Å². The van der Waals surface area contributed by atoms with Crippen molar-refractivity contribution in [3.05, 3.63) is 70.4 Å². The van der Waals surface area contributed by atoms with Crippen LogP contribution in [0.25, 0.3) is 0 Å². The number of nitrogens with one attached hydrogen (secondary N) is 1. The molecule has 0 aromatic heterocycles. The topological polar surface area (TPSA) is 69.7 Å². The Labute approximate surface area is 189 Å². The van der Waals surface area contributed by atoms with E-state index in [0.29, 0.717) is 16.9 Å². The van der Waals surface area contributed by atoms with E-state index < -0.39 is 23.1 Å². The molecular formula is C24H22FN3O3S. The van der Waals surface area contributed by atoms with Gasteiger partial charge in [-0.05, 0) is 78.6 Å². The highest BCUT2D eigenvalue weighted by atomic mass is 32.2. The maximum absolute atomic E-state index is 13.7. The van der Waals surface area contributed by atoms with Crippen LogP contribution in [0.1, 0.15) is 23.1 Å². The molecule has 0 saturated carbocycles. The van der Waals surface area contributed by atoms with Crippen LogP contribution >= 0.6 is 11.8 Å². The molecule has 1 aliphatic carbocycles. The number of aryl methyl sites for hydroxylation is 3. The molecule has 0 spiro atoms. The lowest BCUT2D eigenvalue weighted by molar-refractivity contribution is -0.121. The third kappa shape index (κ3) is 3.58. The van der Waals surface area contributed by atoms with E-state index in [1.165, 1.54) is 46.0 Å². The Balaban J connectivity index is 1.38. The predicted molar refractivity (Wildman–Crippen MR) is 122 cm³/mol. The van der Waals surface area contributed by atoms with Gasteiger partial charge in [0.1, 0.15) is 17.6 Å². The fourth-order valence-electron chi connectivity index (χ4n) is 4.52. The van der Waals surface area contributed by atoms with Gasteiger partial charge in [0.25, 0.3) is 5.91 Å². The SMILES string of the molecule is Cc1cc(N2C(=O)C3SC=CC3N(CC(=O)Nc3ccc4c(c3)CCC4)C2=O)ccc1F. The number of fused-ring (bicyclic) bond motifs is 2. The second-order valence-corrected chi connectivity index (χ2v) is 9.33. The number of rotatable bonds is 4. The predicted octanol–water partition coefficient (Wildman–Crippen LogP) is 4.03. The van der Waals surface area contributed by atoms with Gasteiger partial charge in [-0.2, -0.15) is 0 Å². The van der Waals surface area contributed by atoms with Crippen LogP contribution in [0.2, 0.25) is 0 Å². The molecule has 2 aromatic rings. The minimum absolute atomic E-state index is 0.189. The number of anilines is 2. The van der Waals surface area contributed by atoms with Crippen molar-refractivity contribution in [2.45, 2.75) is 37.5 Å². The molecule has 1 N–H and O–H groups in total. The second kappa shape index (κ2) is 8.09.